The first-order valence-corrected chi connectivity index (χ1v) is 5.57. The summed E-state index contributed by atoms with van der Waals surface area (Å²) < 4.78 is 0. The number of β-lactam (4-membered cyclic amide) rings is 1. The lowest BCUT2D eigenvalue weighted by atomic mass is 10.1. The minimum absolute atomic E-state index is 0.164. The first-order valence-electron chi connectivity index (χ1n) is 4.69. The van der Waals surface area contributed by atoms with Crippen molar-refractivity contribution in [2.75, 3.05) is 0 Å². The number of amides is 2. The zero-order valence-corrected chi connectivity index (χ0v) is 9.28. The van der Waals surface area contributed by atoms with E-state index in [1.165, 1.54) is 29.7 Å². The Balaban J connectivity index is 2.21. The van der Waals surface area contributed by atoms with Gasteiger partial charge in [-0.05, 0) is 6.08 Å². The number of rotatable bonds is 2. The van der Waals surface area contributed by atoms with Crippen LogP contribution < -0.4 is 5.32 Å². The highest BCUT2D eigenvalue weighted by molar-refractivity contribution is 8.03. The summed E-state index contributed by atoms with van der Waals surface area (Å²) in [5.41, 5.74) is 0. The smallest absolute Gasteiger partial charge is 0.330 e. The predicted molar refractivity (Wildman–Crippen MR) is 56.2 cm³/mol. The third-order valence-electron chi connectivity index (χ3n) is 2.37. The lowest BCUT2D eigenvalue weighted by Gasteiger charge is -2.45. The number of carboxylic acids is 1. The van der Waals surface area contributed by atoms with Gasteiger partial charge in [0.05, 0.1) is 16.8 Å². The third kappa shape index (κ3) is 1.78. The largest absolute Gasteiger partial charge is 0.479 e. The number of nitrogens with zero attached hydrogens (tertiary/aromatic N) is 1. The summed E-state index contributed by atoms with van der Waals surface area (Å²) in [5, 5.41) is 11.9. The van der Waals surface area contributed by atoms with E-state index in [1.54, 1.807) is 0 Å². The number of carboxylic acid groups (broad SMARTS) is 1. The van der Waals surface area contributed by atoms with E-state index in [0.717, 1.165) is 0 Å². The van der Waals surface area contributed by atoms with Gasteiger partial charge in [-0.3, -0.25) is 9.59 Å². The molecule has 2 aliphatic heterocycles. The summed E-state index contributed by atoms with van der Waals surface area (Å²) in [6.07, 6.45) is 1.72. The molecule has 86 valence electrons. The molecule has 1 unspecified atom stereocenters. The first-order chi connectivity index (χ1) is 7.49. The lowest BCUT2D eigenvalue weighted by molar-refractivity contribution is -0.155. The molecular weight excluding hydrogens is 232 g/mol. The van der Waals surface area contributed by atoms with E-state index in [9.17, 15) is 14.4 Å². The molecule has 0 aromatic rings. The first kappa shape index (κ1) is 11.0. The van der Waals surface area contributed by atoms with Crippen LogP contribution in [0, 0.1) is 0 Å². The molecule has 0 aliphatic carbocycles. The van der Waals surface area contributed by atoms with Gasteiger partial charge in [-0.1, -0.05) is 11.8 Å². The number of nitrogens with one attached hydrogen (secondary N) is 1. The Labute approximate surface area is 95.7 Å². The Morgan fingerprint density at radius 1 is 1.62 bits per heavy atom. The quantitative estimate of drug-likeness (QED) is 0.650. The average molecular weight is 242 g/mol. The van der Waals surface area contributed by atoms with E-state index in [4.69, 9.17) is 5.11 Å². The van der Waals surface area contributed by atoms with Crippen molar-refractivity contribution in [1.82, 2.24) is 10.2 Å². The fraction of sp³-hybridized carbons (Fsp3) is 0.444. The van der Waals surface area contributed by atoms with Crippen molar-refractivity contribution in [3.05, 3.63) is 11.1 Å². The van der Waals surface area contributed by atoms with Gasteiger partial charge in [0.2, 0.25) is 11.8 Å². The zero-order valence-electron chi connectivity index (χ0n) is 8.47. The monoisotopic (exact) mass is 242 g/mol. The van der Waals surface area contributed by atoms with Gasteiger partial charge in [0.1, 0.15) is 0 Å². The molecule has 0 spiro atoms. The molecule has 2 rings (SSSR count). The van der Waals surface area contributed by atoms with E-state index in [0.29, 0.717) is 11.4 Å². The molecule has 2 aliphatic rings. The summed E-state index contributed by atoms with van der Waals surface area (Å²) in [6.45, 7) is 1.36. The second-order valence-electron chi connectivity index (χ2n) is 3.57. The Hall–Kier alpha value is -1.50. The van der Waals surface area contributed by atoms with Gasteiger partial charge in [-0.25, -0.2) is 4.79 Å². The maximum Gasteiger partial charge on any atom is 0.330 e. The second kappa shape index (κ2) is 3.82. The standard InChI is InChI=1S/C9H10N2O4S/c1-4(12)10-6-2-5(9(14)15)11-7(13)3-8(11)16-6/h2,5,8H,3H2,1H3,(H,10,12)(H,14,15)/t5?,8-/m1/s1. The molecule has 0 bridgehead atoms. The molecule has 0 aromatic carbocycles. The number of hydrogen-bond donors (Lipinski definition) is 2. The average Bonchev–Trinajstić information content (AvgIpc) is 2.14. The molecule has 0 radical (unpaired) electrons. The Bertz CT molecular complexity index is 406. The number of carbonyl (C=O) groups is 3. The molecule has 1 fully saturated rings. The van der Waals surface area contributed by atoms with Crippen LogP contribution in [-0.2, 0) is 14.4 Å². The predicted octanol–water partition coefficient (Wildman–Crippen LogP) is -0.278. The maximum atomic E-state index is 11.2. The fourth-order valence-corrected chi connectivity index (χ4v) is 2.97. The van der Waals surface area contributed by atoms with Crippen molar-refractivity contribution >= 4 is 29.5 Å². The zero-order chi connectivity index (χ0) is 11.9. The van der Waals surface area contributed by atoms with Gasteiger partial charge in [-0.15, -0.1) is 0 Å². The van der Waals surface area contributed by atoms with E-state index in [1.807, 2.05) is 0 Å². The number of thioether (sulfide) groups is 1. The SMILES string of the molecule is CC(=O)NC1=CC(C(=O)O)N2C(=O)C[C@H]2S1. The van der Waals surface area contributed by atoms with Crippen LogP contribution in [0.5, 0.6) is 0 Å². The Kier molecular flexibility index (Phi) is 2.63. The fourth-order valence-electron chi connectivity index (χ4n) is 1.68. The molecular formula is C9H10N2O4S. The molecule has 1 saturated heterocycles. The molecule has 16 heavy (non-hydrogen) atoms. The van der Waals surface area contributed by atoms with Gasteiger partial charge in [-0.2, -0.15) is 0 Å². The summed E-state index contributed by atoms with van der Waals surface area (Å²) in [7, 11) is 0. The van der Waals surface area contributed by atoms with E-state index in [-0.39, 0.29) is 17.2 Å². The van der Waals surface area contributed by atoms with Crippen molar-refractivity contribution in [2.45, 2.75) is 24.8 Å². The third-order valence-corrected chi connectivity index (χ3v) is 3.53. The van der Waals surface area contributed by atoms with Crippen LogP contribution in [0.2, 0.25) is 0 Å². The summed E-state index contributed by atoms with van der Waals surface area (Å²) in [6, 6.07) is -0.964. The van der Waals surface area contributed by atoms with Gasteiger partial charge in [0, 0.05) is 6.92 Å². The van der Waals surface area contributed by atoms with Crippen LogP contribution in [0.15, 0.2) is 11.1 Å². The van der Waals surface area contributed by atoms with Gasteiger partial charge in [0.15, 0.2) is 6.04 Å². The number of aliphatic carboxylic acids is 1. The summed E-state index contributed by atoms with van der Waals surface area (Å²) in [4.78, 5) is 34.4. The van der Waals surface area contributed by atoms with Gasteiger partial charge >= 0.3 is 5.97 Å². The minimum atomic E-state index is -1.08. The molecule has 2 atom stereocenters. The molecule has 7 heteroatoms. The van der Waals surface area contributed by atoms with Crippen molar-refractivity contribution in [3.8, 4) is 0 Å². The molecule has 2 N–H and O–H groups in total. The summed E-state index contributed by atoms with van der Waals surface area (Å²) >= 11 is 1.31. The van der Waals surface area contributed by atoms with Crippen LogP contribution in [0.1, 0.15) is 13.3 Å². The van der Waals surface area contributed by atoms with Crippen LogP contribution in [0.3, 0.4) is 0 Å². The topological polar surface area (TPSA) is 86.7 Å². The highest BCUT2D eigenvalue weighted by Gasteiger charge is 2.46. The van der Waals surface area contributed by atoms with Crippen LogP contribution in [0.4, 0.5) is 0 Å². The van der Waals surface area contributed by atoms with Crippen LogP contribution >= 0.6 is 11.8 Å². The normalized spacial score (nSPS) is 27.7. The molecule has 6 nitrogen and oxygen atoms in total. The molecule has 0 aromatic heterocycles. The van der Waals surface area contributed by atoms with E-state index >= 15 is 0 Å². The molecule has 2 amide bonds. The number of carbonyl (C=O) groups excluding carboxylic acids is 2. The van der Waals surface area contributed by atoms with E-state index < -0.39 is 12.0 Å². The summed E-state index contributed by atoms with van der Waals surface area (Å²) in [5.74, 6) is -1.49. The number of hydrogen-bond acceptors (Lipinski definition) is 4. The highest BCUT2D eigenvalue weighted by Crippen LogP contribution is 2.39. The lowest BCUT2D eigenvalue weighted by Crippen LogP contribution is -2.59. The highest BCUT2D eigenvalue weighted by atomic mass is 32.2. The van der Waals surface area contributed by atoms with Crippen LogP contribution in [-0.4, -0.2) is 39.2 Å². The van der Waals surface area contributed by atoms with Crippen molar-refractivity contribution in [1.29, 1.82) is 0 Å². The van der Waals surface area contributed by atoms with E-state index in [2.05, 4.69) is 5.32 Å². The van der Waals surface area contributed by atoms with Gasteiger partial charge < -0.3 is 15.3 Å². The minimum Gasteiger partial charge on any atom is -0.479 e. The van der Waals surface area contributed by atoms with Gasteiger partial charge in [0.25, 0.3) is 0 Å². The van der Waals surface area contributed by atoms with Crippen molar-refractivity contribution in [2.24, 2.45) is 0 Å². The van der Waals surface area contributed by atoms with Crippen molar-refractivity contribution in [3.63, 3.8) is 0 Å². The molecule has 2 heterocycles. The Morgan fingerprint density at radius 3 is 2.81 bits per heavy atom. The molecule has 0 saturated carbocycles. The van der Waals surface area contributed by atoms with Crippen molar-refractivity contribution < 1.29 is 19.5 Å². The maximum absolute atomic E-state index is 11.2. The number of fused-ring (bicyclic) bond motifs is 1. The Morgan fingerprint density at radius 2 is 2.31 bits per heavy atom. The second-order valence-corrected chi connectivity index (χ2v) is 4.79. The van der Waals surface area contributed by atoms with Crippen LogP contribution in [0.25, 0.3) is 0 Å².